The van der Waals surface area contributed by atoms with Crippen molar-refractivity contribution >= 4 is 48.0 Å². The molecule has 0 heterocycles. The molecule has 328 valence electrons. The van der Waals surface area contributed by atoms with Crippen LogP contribution in [0.4, 0.5) is 0 Å². The fourth-order valence-electron chi connectivity index (χ4n) is 8.30. The molecule has 10 aromatic carbocycles. The molecule has 0 bridgehead atoms. The largest absolute Gasteiger partial charge is 0.455 e. The van der Waals surface area contributed by atoms with Gasteiger partial charge in [0.2, 0.25) is 19.7 Å². The summed E-state index contributed by atoms with van der Waals surface area (Å²) < 4.78 is 66.5. The zero-order chi connectivity index (χ0) is 46.7. The Morgan fingerprint density at radius 1 is 0.412 bits per heavy atom. The Hall–Kier alpha value is -7.82. The topological polar surface area (TPSA) is 94.6 Å². The summed E-state index contributed by atoms with van der Waals surface area (Å²) in [5, 5.41) is 1.95. The minimum atomic E-state index is -4.42. The summed E-state index contributed by atoms with van der Waals surface area (Å²) in [7, 11) is -8.71. The molecule has 0 aromatic heterocycles. The van der Waals surface area contributed by atoms with Gasteiger partial charge in [0.15, 0.2) is 5.78 Å². The highest BCUT2D eigenvalue weighted by Crippen LogP contribution is 2.43. The molecule has 68 heavy (non-hydrogen) atoms. The van der Waals surface area contributed by atoms with Crippen LogP contribution in [0.2, 0.25) is 0 Å². The van der Waals surface area contributed by atoms with Crippen molar-refractivity contribution in [1.82, 2.24) is 0 Å². The number of ketones is 1. The molecule has 0 unspecified atom stereocenters. The lowest BCUT2D eigenvalue weighted by atomic mass is 9.89. The summed E-state index contributed by atoms with van der Waals surface area (Å²) in [5.41, 5.74) is 4.15. The van der Waals surface area contributed by atoms with E-state index in [1.165, 1.54) is 42.1 Å². The van der Waals surface area contributed by atoms with Gasteiger partial charge in [-0.1, -0.05) is 194 Å². The van der Waals surface area contributed by atoms with Gasteiger partial charge in [0.05, 0.1) is 9.79 Å². The summed E-state index contributed by atoms with van der Waals surface area (Å²) in [5.74, 6) is -0.424. The standard InChI is InChI=1S/C59H38O6S3/c60-59(50-29-8-6-24-45(50)43-39-38-41-20-4-5-21-42(41)40-43)51-30-9-7-25-46(51)48-27-11-16-34-55(48)67(61,62)57-36-18-13-31-52(57)65-53-32-14-19-37-58(53)68(63,64)56-35-17-12-28-49(56)47-26-10-15-33-54(47)66-44-22-2-1-3-23-44/h1-22,24-39H. The maximum absolute atomic E-state index is 15.1. The molecular weight excluding hydrogens is 901 g/mol. The van der Waals surface area contributed by atoms with Crippen LogP contribution >= 0.6 is 11.8 Å². The molecule has 9 heteroatoms. The second-order valence-electron chi connectivity index (χ2n) is 15.7. The Kier molecular flexibility index (Phi) is 12.2. The van der Waals surface area contributed by atoms with Crippen molar-refractivity contribution in [3.63, 3.8) is 0 Å². The number of ether oxygens (including phenoxy) is 1. The number of carbonyl (C=O) groups is 1. The predicted octanol–water partition coefficient (Wildman–Crippen LogP) is 14.3. The number of sulfone groups is 2. The molecule has 10 rings (SSSR count). The molecule has 0 aliphatic carbocycles. The molecule has 0 aliphatic rings. The van der Waals surface area contributed by atoms with Crippen molar-refractivity contribution in [2.75, 3.05) is 0 Å². The van der Waals surface area contributed by atoms with Crippen molar-refractivity contribution in [3.05, 3.63) is 254 Å². The van der Waals surface area contributed by atoms with Crippen molar-refractivity contribution < 1.29 is 26.4 Å². The van der Waals surface area contributed by atoms with Gasteiger partial charge in [-0.25, -0.2) is 16.8 Å². The van der Waals surface area contributed by atoms with Crippen LogP contribution in [0.15, 0.2) is 260 Å². The van der Waals surface area contributed by atoms with Crippen molar-refractivity contribution in [3.8, 4) is 44.9 Å². The summed E-state index contributed by atoms with van der Waals surface area (Å²) in [6, 6.07) is 73.8. The minimum absolute atomic E-state index is 0.0574. The summed E-state index contributed by atoms with van der Waals surface area (Å²) in [4.78, 5) is 16.1. The number of hydrogen-bond acceptors (Lipinski definition) is 7. The van der Waals surface area contributed by atoms with Gasteiger partial charge in [0, 0.05) is 32.0 Å². The normalized spacial score (nSPS) is 11.6. The van der Waals surface area contributed by atoms with Gasteiger partial charge in [-0.3, -0.25) is 4.79 Å². The van der Waals surface area contributed by atoms with Crippen LogP contribution in [0.1, 0.15) is 15.9 Å². The van der Waals surface area contributed by atoms with E-state index in [2.05, 4.69) is 12.1 Å². The van der Waals surface area contributed by atoms with Gasteiger partial charge >= 0.3 is 0 Å². The first-order chi connectivity index (χ1) is 33.2. The van der Waals surface area contributed by atoms with Gasteiger partial charge in [0.25, 0.3) is 0 Å². The van der Waals surface area contributed by atoms with Gasteiger partial charge in [-0.15, -0.1) is 0 Å². The highest BCUT2D eigenvalue weighted by Gasteiger charge is 2.30. The monoisotopic (exact) mass is 938 g/mol. The van der Waals surface area contributed by atoms with E-state index in [-0.39, 0.29) is 36.9 Å². The molecule has 0 saturated carbocycles. The third-order valence-corrected chi connectivity index (χ3v) is 16.3. The van der Waals surface area contributed by atoms with E-state index >= 15 is 8.42 Å². The number of fused-ring (bicyclic) bond motifs is 1. The maximum atomic E-state index is 15.1. The zero-order valence-corrected chi connectivity index (χ0v) is 38.6. The van der Waals surface area contributed by atoms with Crippen molar-refractivity contribution in [2.24, 2.45) is 0 Å². The fraction of sp³-hybridized carbons (Fsp3) is 0. The molecule has 2 radical (unpaired) electrons. The average Bonchev–Trinajstić information content (AvgIpc) is 3.39. The molecule has 0 saturated heterocycles. The quantitative estimate of drug-likeness (QED) is 0.106. The third kappa shape index (κ3) is 8.55. The Bertz CT molecular complexity index is 3750. The van der Waals surface area contributed by atoms with Gasteiger partial charge in [0.1, 0.15) is 21.3 Å². The minimum Gasteiger partial charge on any atom is -0.455 e. The summed E-state index contributed by atoms with van der Waals surface area (Å²) in [6.07, 6.45) is 0. The van der Waals surface area contributed by atoms with Crippen LogP contribution in [0, 0.1) is 12.1 Å². The smallest absolute Gasteiger partial charge is 0.210 e. The Labute approximate surface area is 400 Å². The Morgan fingerprint density at radius 3 is 1.51 bits per heavy atom. The molecular formula is C59H38O6S3. The molecule has 0 atom stereocenters. The summed E-state index contributed by atoms with van der Waals surface area (Å²) >= 11 is 1.48. The van der Waals surface area contributed by atoms with Crippen molar-refractivity contribution in [2.45, 2.75) is 29.4 Å². The second-order valence-corrected chi connectivity index (χ2v) is 20.6. The number of rotatable bonds is 13. The van der Waals surface area contributed by atoms with Gasteiger partial charge in [-0.05, 0) is 93.7 Å². The third-order valence-electron chi connectivity index (χ3n) is 11.5. The second kappa shape index (κ2) is 18.8. The first-order valence-electron chi connectivity index (χ1n) is 21.6. The molecule has 0 spiro atoms. The molecule has 0 fully saturated rings. The van der Waals surface area contributed by atoms with Crippen LogP contribution in [-0.2, 0) is 19.7 Å². The number of hydrogen-bond donors (Lipinski definition) is 0. The first kappa shape index (κ1) is 44.0. The highest BCUT2D eigenvalue weighted by molar-refractivity contribution is 7.99. The van der Waals surface area contributed by atoms with E-state index < -0.39 is 19.7 Å². The van der Waals surface area contributed by atoms with E-state index in [1.807, 2.05) is 103 Å². The van der Waals surface area contributed by atoms with E-state index in [9.17, 15) is 13.2 Å². The predicted molar refractivity (Wildman–Crippen MR) is 269 cm³/mol. The van der Waals surface area contributed by atoms with Crippen LogP contribution in [-0.4, -0.2) is 22.6 Å². The lowest BCUT2D eigenvalue weighted by Crippen LogP contribution is -2.09. The van der Waals surface area contributed by atoms with Gasteiger partial charge in [-0.2, -0.15) is 0 Å². The number of benzene rings is 10. The lowest BCUT2D eigenvalue weighted by molar-refractivity contribution is 0.104. The average molecular weight is 939 g/mol. The van der Waals surface area contributed by atoms with E-state index in [1.54, 1.807) is 97.1 Å². The van der Waals surface area contributed by atoms with E-state index in [4.69, 9.17) is 4.74 Å². The Balaban J connectivity index is 1.01. The van der Waals surface area contributed by atoms with Crippen LogP contribution in [0.3, 0.4) is 0 Å². The molecule has 0 amide bonds. The van der Waals surface area contributed by atoms with Crippen molar-refractivity contribution in [1.29, 1.82) is 0 Å². The van der Waals surface area contributed by atoms with E-state index in [0.29, 0.717) is 33.4 Å². The first-order valence-corrected chi connectivity index (χ1v) is 25.4. The SMILES string of the molecule is O=C(c1ccccc1-c1[c]c2ccccc2cc1)c1ccccc1-c1ccccc1S(=O)(=O)c1ccccc1Oc1ccccc1S(=O)(=O)c1ccccc1-c1ccccc1Sc1[c]cccc1. The maximum Gasteiger partial charge on any atom is 0.210 e. The van der Waals surface area contributed by atoms with Crippen LogP contribution < -0.4 is 4.74 Å². The van der Waals surface area contributed by atoms with Crippen LogP contribution in [0.5, 0.6) is 11.5 Å². The van der Waals surface area contributed by atoms with Crippen LogP contribution in [0.25, 0.3) is 44.2 Å². The molecule has 0 N–H and O–H groups in total. The molecule has 0 aliphatic heterocycles. The molecule has 6 nitrogen and oxygen atoms in total. The molecule has 10 aromatic rings. The highest BCUT2D eigenvalue weighted by atomic mass is 32.2. The zero-order valence-electron chi connectivity index (χ0n) is 36.1. The summed E-state index contributed by atoms with van der Waals surface area (Å²) in [6.45, 7) is 0. The fourth-order valence-corrected chi connectivity index (χ4v) is 12.4. The van der Waals surface area contributed by atoms with E-state index in [0.717, 1.165) is 31.7 Å². The number of para-hydroxylation sites is 2. The van der Waals surface area contributed by atoms with Gasteiger partial charge < -0.3 is 4.74 Å². The lowest BCUT2D eigenvalue weighted by Gasteiger charge is -2.18. The Morgan fingerprint density at radius 2 is 0.882 bits per heavy atom. The number of carbonyl (C=O) groups excluding carboxylic acids is 1.